The zero-order chi connectivity index (χ0) is 15.2. The Morgan fingerprint density at radius 1 is 1.40 bits per heavy atom. The second-order valence-corrected chi connectivity index (χ2v) is 6.76. The molecule has 0 aliphatic heterocycles. The number of halogens is 3. The van der Waals surface area contributed by atoms with Gasteiger partial charge in [0, 0.05) is 30.7 Å². The number of aromatic amines is 1. The van der Waals surface area contributed by atoms with Crippen molar-refractivity contribution in [2.24, 2.45) is 0 Å². The standard InChI is InChI=1S/C10H16F3N3O2S2/c1-2-14-6-8-5-9(7-15-8)20(17,18)16-3-4-19-10(11,12)13/h5,7,14-16H,2-4,6H2,1H3. The summed E-state index contributed by atoms with van der Waals surface area (Å²) in [5, 5.41) is 3.02. The quantitative estimate of drug-likeness (QED) is 0.633. The molecule has 20 heavy (non-hydrogen) atoms. The van der Waals surface area contributed by atoms with Crippen molar-refractivity contribution < 1.29 is 21.6 Å². The average Bonchev–Trinajstić information content (AvgIpc) is 2.80. The highest BCUT2D eigenvalue weighted by Crippen LogP contribution is 2.29. The number of sulfonamides is 1. The fraction of sp³-hybridized carbons (Fsp3) is 0.600. The lowest BCUT2D eigenvalue weighted by Gasteiger charge is -2.06. The van der Waals surface area contributed by atoms with Crippen LogP contribution in [0.2, 0.25) is 0 Å². The second-order valence-electron chi connectivity index (χ2n) is 3.83. The molecule has 0 saturated heterocycles. The summed E-state index contributed by atoms with van der Waals surface area (Å²) in [6.07, 6.45) is 1.31. The summed E-state index contributed by atoms with van der Waals surface area (Å²) in [6, 6.07) is 1.45. The predicted octanol–water partition coefficient (Wildman–Crippen LogP) is 1.66. The highest BCUT2D eigenvalue weighted by Gasteiger charge is 2.27. The highest BCUT2D eigenvalue weighted by atomic mass is 32.2. The van der Waals surface area contributed by atoms with Gasteiger partial charge in [0.15, 0.2) is 0 Å². The predicted molar refractivity (Wildman–Crippen MR) is 71.9 cm³/mol. The fourth-order valence-corrected chi connectivity index (χ4v) is 2.98. The molecular formula is C10H16F3N3O2S2. The minimum atomic E-state index is -4.35. The van der Waals surface area contributed by atoms with E-state index in [0.29, 0.717) is 12.2 Å². The van der Waals surface area contributed by atoms with Crippen molar-refractivity contribution in [3.05, 3.63) is 18.0 Å². The monoisotopic (exact) mass is 331 g/mol. The van der Waals surface area contributed by atoms with Crippen molar-refractivity contribution in [3.63, 3.8) is 0 Å². The first-order chi connectivity index (χ1) is 9.24. The van der Waals surface area contributed by atoms with E-state index in [4.69, 9.17) is 0 Å². The molecule has 0 saturated carbocycles. The SMILES string of the molecule is CCNCc1cc(S(=O)(=O)NCCSC(F)(F)F)c[nH]1. The third kappa shape index (κ3) is 6.16. The molecule has 10 heteroatoms. The molecule has 0 atom stereocenters. The van der Waals surface area contributed by atoms with E-state index >= 15 is 0 Å². The van der Waals surface area contributed by atoms with Crippen LogP contribution in [0.5, 0.6) is 0 Å². The third-order valence-electron chi connectivity index (χ3n) is 2.25. The lowest BCUT2D eigenvalue weighted by molar-refractivity contribution is -0.0327. The van der Waals surface area contributed by atoms with Gasteiger partial charge in [-0.05, 0) is 24.4 Å². The Labute approximate surface area is 119 Å². The molecule has 1 heterocycles. The first-order valence-corrected chi connectivity index (χ1v) is 8.30. The van der Waals surface area contributed by atoms with Crippen LogP contribution in [-0.4, -0.2) is 37.8 Å². The third-order valence-corrected chi connectivity index (χ3v) is 4.43. The van der Waals surface area contributed by atoms with Crippen LogP contribution in [-0.2, 0) is 16.6 Å². The molecule has 1 rings (SSSR count). The van der Waals surface area contributed by atoms with E-state index in [1.807, 2.05) is 6.92 Å². The Hall–Kier alpha value is -0.710. The van der Waals surface area contributed by atoms with Crippen molar-refractivity contribution in [1.29, 1.82) is 0 Å². The summed E-state index contributed by atoms with van der Waals surface area (Å²) in [4.78, 5) is 2.81. The van der Waals surface area contributed by atoms with Crippen LogP contribution in [0.15, 0.2) is 17.2 Å². The Bertz CT molecular complexity index is 514. The molecule has 3 N–H and O–H groups in total. The van der Waals surface area contributed by atoms with Gasteiger partial charge in [0.2, 0.25) is 10.0 Å². The van der Waals surface area contributed by atoms with Gasteiger partial charge in [-0.15, -0.1) is 0 Å². The highest BCUT2D eigenvalue weighted by molar-refractivity contribution is 8.00. The van der Waals surface area contributed by atoms with Crippen LogP contribution in [0, 0.1) is 0 Å². The average molecular weight is 331 g/mol. The molecule has 0 unspecified atom stereocenters. The van der Waals surface area contributed by atoms with Gasteiger partial charge >= 0.3 is 5.51 Å². The Balaban J connectivity index is 2.49. The number of H-pyrrole nitrogens is 1. The zero-order valence-electron chi connectivity index (χ0n) is 10.8. The topological polar surface area (TPSA) is 74.0 Å². The van der Waals surface area contributed by atoms with E-state index in [0.717, 1.165) is 6.54 Å². The van der Waals surface area contributed by atoms with E-state index in [2.05, 4.69) is 15.0 Å². The van der Waals surface area contributed by atoms with Gasteiger partial charge in [0.1, 0.15) is 0 Å². The maximum Gasteiger partial charge on any atom is 0.441 e. The Morgan fingerprint density at radius 2 is 2.10 bits per heavy atom. The number of hydrogen-bond donors (Lipinski definition) is 3. The first-order valence-electron chi connectivity index (χ1n) is 5.83. The second kappa shape index (κ2) is 7.34. The molecule has 0 aromatic carbocycles. The van der Waals surface area contributed by atoms with Crippen molar-refractivity contribution >= 4 is 21.8 Å². The number of nitrogens with one attached hydrogen (secondary N) is 3. The van der Waals surface area contributed by atoms with Crippen molar-refractivity contribution in [1.82, 2.24) is 15.0 Å². The molecule has 0 fully saturated rings. The Morgan fingerprint density at radius 3 is 2.70 bits per heavy atom. The Kier molecular flexibility index (Phi) is 6.37. The van der Waals surface area contributed by atoms with Gasteiger partial charge < -0.3 is 10.3 Å². The summed E-state index contributed by atoms with van der Waals surface area (Å²) < 4.78 is 61.4. The van der Waals surface area contributed by atoms with Gasteiger partial charge in [-0.2, -0.15) is 13.2 Å². The van der Waals surface area contributed by atoms with Gasteiger partial charge in [-0.3, -0.25) is 0 Å². The van der Waals surface area contributed by atoms with E-state index < -0.39 is 15.5 Å². The number of rotatable bonds is 8. The van der Waals surface area contributed by atoms with Gasteiger partial charge in [-0.25, -0.2) is 13.1 Å². The molecule has 0 aliphatic rings. The van der Waals surface area contributed by atoms with Crippen LogP contribution >= 0.6 is 11.8 Å². The zero-order valence-corrected chi connectivity index (χ0v) is 12.4. The molecular weight excluding hydrogens is 315 g/mol. The molecule has 5 nitrogen and oxygen atoms in total. The largest absolute Gasteiger partial charge is 0.441 e. The summed E-state index contributed by atoms with van der Waals surface area (Å²) in [6.45, 7) is 2.88. The smallest absolute Gasteiger partial charge is 0.363 e. The van der Waals surface area contributed by atoms with Crippen LogP contribution in [0.4, 0.5) is 13.2 Å². The minimum absolute atomic E-state index is 0.0161. The molecule has 0 aliphatic carbocycles. The molecule has 0 spiro atoms. The number of aromatic nitrogens is 1. The molecule has 116 valence electrons. The summed E-state index contributed by atoms with van der Waals surface area (Å²) in [5.41, 5.74) is -3.66. The molecule has 1 aromatic heterocycles. The fourth-order valence-electron chi connectivity index (χ4n) is 1.36. The van der Waals surface area contributed by atoms with Gasteiger partial charge in [0.05, 0.1) is 4.90 Å². The maximum absolute atomic E-state index is 11.9. The first kappa shape index (κ1) is 17.3. The number of hydrogen-bond acceptors (Lipinski definition) is 4. The van der Waals surface area contributed by atoms with Crippen LogP contribution < -0.4 is 10.0 Å². The summed E-state index contributed by atoms with van der Waals surface area (Å²) >= 11 is -0.259. The normalized spacial score (nSPS) is 12.8. The van der Waals surface area contributed by atoms with Crippen LogP contribution in [0.3, 0.4) is 0 Å². The van der Waals surface area contributed by atoms with Crippen LogP contribution in [0.25, 0.3) is 0 Å². The summed E-state index contributed by atoms with van der Waals surface area (Å²) in [7, 11) is -3.77. The van der Waals surface area contributed by atoms with E-state index in [9.17, 15) is 21.6 Å². The number of thioether (sulfide) groups is 1. The molecule has 0 bridgehead atoms. The summed E-state index contributed by atoms with van der Waals surface area (Å²) in [5.74, 6) is -0.364. The number of alkyl halides is 3. The van der Waals surface area contributed by atoms with Crippen LogP contribution in [0.1, 0.15) is 12.6 Å². The lowest BCUT2D eigenvalue weighted by atomic mass is 10.4. The maximum atomic E-state index is 11.9. The van der Waals surface area contributed by atoms with E-state index in [1.54, 1.807) is 0 Å². The van der Waals surface area contributed by atoms with Crippen molar-refractivity contribution in [3.8, 4) is 0 Å². The van der Waals surface area contributed by atoms with E-state index in [1.165, 1.54) is 12.3 Å². The van der Waals surface area contributed by atoms with Crippen molar-refractivity contribution in [2.45, 2.75) is 23.9 Å². The molecule has 1 aromatic rings. The molecule has 0 amide bonds. The van der Waals surface area contributed by atoms with Gasteiger partial charge in [0.25, 0.3) is 0 Å². The minimum Gasteiger partial charge on any atom is -0.363 e. The van der Waals surface area contributed by atoms with E-state index in [-0.39, 0.29) is 29.0 Å². The molecule has 0 radical (unpaired) electrons. The van der Waals surface area contributed by atoms with Crippen molar-refractivity contribution in [2.75, 3.05) is 18.8 Å². The lowest BCUT2D eigenvalue weighted by Crippen LogP contribution is -2.26. The van der Waals surface area contributed by atoms with Gasteiger partial charge in [-0.1, -0.05) is 6.92 Å².